The molecule has 0 heterocycles. The van der Waals surface area contributed by atoms with Gasteiger partial charge in [-0.05, 0) is 44.8 Å². The second kappa shape index (κ2) is 6.75. The summed E-state index contributed by atoms with van der Waals surface area (Å²) in [7, 11) is 1.81. The van der Waals surface area contributed by atoms with Crippen LogP contribution in [0.5, 0.6) is 0 Å². The topological polar surface area (TPSA) is 15.3 Å². The molecule has 1 rings (SSSR count). The standard InChI is InChI=1S/C13H25F3N2/c1-10(2)8-17-9-11-4-5-12(11)18(3)7-6-13(14,15)16/h10-12,17H,4-9H2,1-3H3. The van der Waals surface area contributed by atoms with Gasteiger partial charge in [-0.2, -0.15) is 13.2 Å². The Hall–Kier alpha value is -0.290. The Labute approximate surface area is 108 Å². The van der Waals surface area contributed by atoms with Gasteiger partial charge in [-0.3, -0.25) is 0 Å². The minimum atomic E-state index is -4.04. The van der Waals surface area contributed by atoms with Crippen molar-refractivity contribution < 1.29 is 13.2 Å². The van der Waals surface area contributed by atoms with Crippen LogP contribution >= 0.6 is 0 Å². The molecule has 1 fully saturated rings. The summed E-state index contributed by atoms with van der Waals surface area (Å²) in [6, 6.07) is 0.326. The van der Waals surface area contributed by atoms with Gasteiger partial charge in [0.2, 0.25) is 0 Å². The van der Waals surface area contributed by atoms with Crippen molar-refractivity contribution in [2.24, 2.45) is 11.8 Å². The number of hydrogen-bond acceptors (Lipinski definition) is 2. The molecule has 0 aromatic heterocycles. The second-order valence-corrected chi connectivity index (χ2v) is 5.80. The van der Waals surface area contributed by atoms with Crippen LogP contribution in [0.2, 0.25) is 0 Å². The van der Waals surface area contributed by atoms with Gasteiger partial charge >= 0.3 is 6.18 Å². The SMILES string of the molecule is CC(C)CNCC1CCC1N(C)CCC(F)(F)F. The molecule has 0 saturated heterocycles. The Morgan fingerprint density at radius 3 is 2.39 bits per heavy atom. The van der Waals surface area contributed by atoms with E-state index in [4.69, 9.17) is 0 Å². The van der Waals surface area contributed by atoms with Gasteiger partial charge in [0.15, 0.2) is 0 Å². The summed E-state index contributed by atoms with van der Waals surface area (Å²) in [5, 5.41) is 3.40. The molecule has 1 saturated carbocycles. The van der Waals surface area contributed by atoms with Crippen molar-refractivity contribution in [2.75, 3.05) is 26.7 Å². The normalized spacial score (nSPS) is 24.7. The molecule has 2 nitrogen and oxygen atoms in total. The third kappa shape index (κ3) is 5.57. The maximum Gasteiger partial charge on any atom is 0.390 e. The predicted octanol–water partition coefficient (Wildman–Crippen LogP) is 2.89. The first kappa shape index (κ1) is 15.8. The van der Waals surface area contributed by atoms with E-state index in [2.05, 4.69) is 19.2 Å². The van der Waals surface area contributed by atoms with Crippen molar-refractivity contribution >= 4 is 0 Å². The van der Waals surface area contributed by atoms with E-state index in [0.717, 1.165) is 25.9 Å². The summed E-state index contributed by atoms with van der Waals surface area (Å²) in [6.07, 6.45) is -2.58. The van der Waals surface area contributed by atoms with Gasteiger partial charge in [-0.15, -0.1) is 0 Å². The number of nitrogens with zero attached hydrogens (tertiary/aromatic N) is 1. The molecule has 108 valence electrons. The number of rotatable bonds is 7. The van der Waals surface area contributed by atoms with Crippen LogP contribution in [-0.2, 0) is 0 Å². The molecule has 0 spiro atoms. The van der Waals surface area contributed by atoms with E-state index in [1.54, 1.807) is 0 Å². The van der Waals surface area contributed by atoms with Crippen LogP contribution in [0.3, 0.4) is 0 Å². The minimum Gasteiger partial charge on any atom is -0.316 e. The van der Waals surface area contributed by atoms with Crippen molar-refractivity contribution in [3.05, 3.63) is 0 Å². The molecular weight excluding hydrogens is 241 g/mol. The van der Waals surface area contributed by atoms with E-state index in [1.807, 2.05) is 11.9 Å². The van der Waals surface area contributed by atoms with Crippen LogP contribution < -0.4 is 5.32 Å². The van der Waals surface area contributed by atoms with Crippen LogP contribution in [0.25, 0.3) is 0 Å². The number of hydrogen-bond donors (Lipinski definition) is 1. The summed E-state index contributed by atoms with van der Waals surface area (Å²) in [5.74, 6) is 1.13. The minimum absolute atomic E-state index is 0.120. The molecule has 2 atom stereocenters. The number of halogens is 3. The molecule has 2 unspecified atom stereocenters. The molecule has 0 aromatic carbocycles. The lowest BCUT2D eigenvalue weighted by Gasteiger charge is -2.43. The first-order chi connectivity index (χ1) is 8.29. The molecule has 0 aliphatic heterocycles. The Morgan fingerprint density at radius 2 is 1.94 bits per heavy atom. The van der Waals surface area contributed by atoms with E-state index in [1.165, 1.54) is 0 Å². The average molecular weight is 266 g/mol. The third-order valence-corrected chi connectivity index (χ3v) is 3.65. The second-order valence-electron chi connectivity index (χ2n) is 5.80. The summed E-state index contributed by atoms with van der Waals surface area (Å²) in [4.78, 5) is 1.87. The zero-order chi connectivity index (χ0) is 13.8. The highest BCUT2D eigenvalue weighted by atomic mass is 19.4. The van der Waals surface area contributed by atoms with Crippen LogP contribution in [0.1, 0.15) is 33.1 Å². The lowest BCUT2D eigenvalue weighted by molar-refractivity contribution is -0.140. The van der Waals surface area contributed by atoms with Gasteiger partial charge in [0.25, 0.3) is 0 Å². The number of alkyl halides is 3. The molecule has 5 heteroatoms. The van der Waals surface area contributed by atoms with Gasteiger partial charge in [-0.25, -0.2) is 0 Å². The van der Waals surface area contributed by atoms with E-state index in [9.17, 15) is 13.2 Å². The van der Waals surface area contributed by atoms with E-state index in [-0.39, 0.29) is 6.54 Å². The first-order valence-electron chi connectivity index (χ1n) is 6.77. The highest BCUT2D eigenvalue weighted by molar-refractivity contribution is 4.89. The van der Waals surface area contributed by atoms with E-state index < -0.39 is 12.6 Å². The lowest BCUT2D eigenvalue weighted by Crippen LogP contribution is -2.49. The van der Waals surface area contributed by atoms with Crippen LogP contribution in [0, 0.1) is 11.8 Å². The zero-order valence-electron chi connectivity index (χ0n) is 11.6. The van der Waals surface area contributed by atoms with Crippen molar-refractivity contribution in [3.63, 3.8) is 0 Å². The predicted molar refractivity (Wildman–Crippen MR) is 67.5 cm³/mol. The molecular formula is C13H25F3N2. The van der Waals surface area contributed by atoms with Gasteiger partial charge in [-0.1, -0.05) is 13.8 Å². The maximum atomic E-state index is 12.2. The van der Waals surface area contributed by atoms with Crippen LogP contribution in [0.4, 0.5) is 13.2 Å². The molecule has 0 amide bonds. The first-order valence-corrected chi connectivity index (χ1v) is 6.77. The molecule has 0 aromatic rings. The number of nitrogens with one attached hydrogen (secondary N) is 1. The zero-order valence-corrected chi connectivity index (χ0v) is 11.6. The monoisotopic (exact) mass is 266 g/mol. The third-order valence-electron chi connectivity index (χ3n) is 3.65. The fraction of sp³-hybridized carbons (Fsp3) is 1.00. The van der Waals surface area contributed by atoms with Gasteiger partial charge in [0.05, 0.1) is 6.42 Å². The molecule has 1 aliphatic rings. The quantitative estimate of drug-likeness (QED) is 0.762. The van der Waals surface area contributed by atoms with Crippen molar-refractivity contribution in [1.29, 1.82) is 0 Å². The fourth-order valence-corrected chi connectivity index (χ4v) is 2.40. The molecule has 1 N–H and O–H groups in total. The maximum absolute atomic E-state index is 12.2. The average Bonchev–Trinajstić information content (AvgIpc) is 2.18. The van der Waals surface area contributed by atoms with Crippen molar-refractivity contribution in [2.45, 2.75) is 45.3 Å². The molecule has 0 radical (unpaired) electrons. The van der Waals surface area contributed by atoms with Gasteiger partial charge in [0, 0.05) is 12.6 Å². The Balaban J connectivity index is 2.21. The van der Waals surface area contributed by atoms with Crippen LogP contribution in [-0.4, -0.2) is 43.8 Å². The summed E-state index contributed by atoms with van der Waals surface area (Å²) in [6.45, 7) is 6.34. The van der Waals surface area contributed by atoms with Gasteiger partial charge < -0.3 is 10.2 Å². The molecule has 1 aliphatic carbocycles. The van der Waals surface area contributed by atoms with E-state index >= 15 is 0 Å². The summed E-state index contributed by atoms with van der Waals surface area (Å²) >= 11 is 0. The summed E-state index contributed by atoms with van der Waals surface area (Å²) in [5.41, 5.74) is 0. The van der Waals surface area contributed by atoms with Crippen molar-refractivity contribution in [1.82, 2.24) is 10.2 Å². The van der Waals surface area contributed by atoms with Gasteiger partial charge in [0.1, 0.15) is 0 Å². The Kier molecular flexibility index (Phi) is 5.92. The van der Waals surface area contributed by atoms with Crippen LogP contribution in [0.15, 0.2) is 0 Å². The highest BCUT2D eigenvalue weighted by Gasteiger charge is 2.35. The Morgan fingerprint density at radius 1 is 1.28 bits per heavy atom. The molecule has 0 bridgehead atoms. The summed E-state index contributed by atoms with van der Waals surface area (Å²) < 4.78 is 36.5. The van der Waals surface area contributed by atoms with E-state index in [0.29, 0.717) is 17.9 Å². The van der Waals surface area contributed by atoms with Crippen molar-refractivity contribution in [3.8, 4) is 0 Å². The Bertz CT molecular complexity index is 241. The smallest absolute Gasteiger partial charge is 0.316 e. The lowest BCUT2D eigenvalue weighted by atomic mass is 9.78. The molecule has 18 heavy (non-hydrogen) atoms. The fourth-order valence-electron chi connectivity index (χ4n) is 2.40. The largest absolute Gasteiger partial charge is 0.390 e. The highest BCUT2D eigenvalue weighted by Crippen LogP contribution is 2.32.